The number of rotatable bonds is 8. The number of nitriles is 2. The van der Waals surface area contributed by atoms with E-state index in [4.69, 9.17) is 23.2 Å². The first-order chi connectivity index (χ1) is 18.8. The average Bonchev–Trinajstić information content (AvgIpc) is 2.95. The van der Waals surface area contributed by atoms with Gasteiger partial charge in [-0.25, -0.2) is 8.42 Å². The molecule has 7 heteroatoms. The van der Waals surface area contributed by atoms with Crippen molar-refractivity contribution in [2.75, 3.05) is 0 Å². The van der Waals surface area contributed by atoms with Gasteiger partial charge in [-0.2, -0.15) is 10.5 Å². The first kappa shape index (κ1) is 27.9. The third kappa shape index (κ3) is 7.05. The largest absolute Gasteiger partial charge is 0.227 e. The van der Waals surface area contributed by atoms with E-state index in [0.29, 0.717) is 32.3 Å². The van der Waals surface area contributed by atoms with Gasteiger partial charge in [0.15, 0.2) is 9.84 Å². The molecule has 0 heterocycles. The Morgan fingerprint density at radius 2 is 0.897 bits per heavy atom. The van der Waals surface area contributed by atoms with E-state index in [2.05, 4.69) is 12.1 Å². The molecule has 0 bridgehead atoms. The van der Waals surface area contributed by atoms with Crippen LogP contribution in [-0.2, 0) is 9.84 Å². The van der Waals surface area contributed by atoms with Crippen LogP contribution < -0.4 is 0 Å². The molecule has 0 radical (unpaired) electrons. The highest BCUT2D eigenvalue weighted by Crippen LogP contribution is 2.37. The molecule has 4 aromatic carbocycles. The fourth-order valence-electron chi connectivity index (χ4n) is 4.02. The van der Waals surface area contributed by atoms with Crippen molar-refractivity contribution in [1.29, 1.82) is 10.5 Å². The maximum Gasteiger partial charge on any atom is 0.171 e. The quantitative estimate of drug-likeness (QED) is 0.214. The molecule has 0 aliphatic heterocycles. The molecule has 0 amide bonds. The van der Waals surface area contributed by atoms with E-state index in [9.17, 15) is 18.9 Å². The summed E-state index contributed by atoms with van der Waals surface area (Å²) < 4.78 is 28.8. The van der Waals surface area contributed by atoms with Gasteiger partial charge < -0.3 is 0 Å². The molecule has 0 N–H and O–H groups in total. The number of hydrogen-bond donors (Lipinski definition) is 0. The van der Waals surface area contributed by atoms with E-state index >= 15 is 0 Å². The van der Waals surface area contributed by atoms with Crippen LogP contribution in [0, 0.1) is 22.7 Å². The zero-order chi connectivity index (χ0) is 27.8. The molecular formula is C32H22Cl2N2O2S. The summed E-state index contributed by atoms with van der Waals surface area (Å²) in [7, 11) is -3.96. The third-order valence-electron chi connectivity index (χ3n) is 6.11. The topological polar surface area (TPSA) is 81.7 Å². The van der Waals surface area contributed by atoms with Crippen molar-refractivity contribution >= 4 is 45.2 Å². The number of hydrogen-bond acceptors (Lipinski definition) is 4. The molecular weight excluding hydrogens is 547 g/mol. The highest BCUT2D eigenvalue weighted by Gasteiger charge is 2.33. The summed E-state index contributed by atoms with van der Waals surface area (Å²) in [6, 6.07) is 31.4. The van der Waals surface area contributed by atoms with Crippen molar-refractivity contribution in [2.45, 2.75) is 10.5 Å². The number of nitrogens with zero attached hydrogens (tertiary/aromatic N) is 2. The van der Waals surface area contributed by atoms with E-state index in [0.717, 1.165) is 11.1 Å². The molecule has 4 aromatic rings. The number of sulfone groups is 1. The van der Waals surface area contributed by atoms with E-state index in [1.807, 2.05) is 0 Å². The van der Waals surface area contributed by atoms with Crippen LogP contribution in [0.3, 0.4) is 0 Å². The average molecular weight is 570 g/mol. The van der Waals surface area contributed by atoms with Crippen LogP contribution in [0.1, 0.15) is 43.9 Å². The standard InChI is InChI=1S/C32H22Cl2N2O2S/c33-29-15-5-23(6-16-29)9-19-31(27-11-1-25(21-35)2-12-27)39(37,38)32(28-13-3-26(22-36)4-14-28)20-10-24-7-17-30(34)18-8-24/h1-20,31-32H/b19-9+,20-10+. The summed E-state index contributed by atoms with van der Waals surface area (Å²) in [5.41, 5.74) is 3.50. The summed E-state index contributed by atoms with van der Waals surface area (Å²) in [4.78, 5) is 0. The third-order valence-corrected chi connectivity index (χ3v) is 8.89. The normalized spacial score (nSPS) is 13.1. The lowest BCUT2D eigenvalue weighted by Crippen LogP contribution is -2.19. The minimum atomic E-state index is -3.96. The molecule has 0 aromatic heterocycles. The Kier molecular flexibility index (Phi) is 9.02. The molecule has 2 atom stereocenters. The Labute approximate surface area is 238 Å². The van der Waals surface area contributed by atoms with Crippen LogP contribution in [-0.4, -0.2) is 8.42 Å². The van der Waals surface area contributed by atoms with Crippen LogP contribution in [0.2, 0.25) is 10.0 Å². The van der Waals surface area contributed by atoms with E-state index in [-0.39, 0.29) is 0 Å². The Morgan fingerprint density at radius 3 is 1.21 bits per heavy atom. The second kappa shape index (κ2) is 12.6. The van der Waals surface area contributed by atoms with Gasteiger partial charge in [0.25, 0.3) is 0 Å². The molecule has 4 rings (SSSR count). The van der Waals surface area contributed by atoms with Crippen molar-refractivity contribution in [1.82, 2.24) is 0 Å². The summed E-state index contributed by atoms with van der Waals surface area (Å²) in [6.45, 7) is 0. The predicted octanol–water partition coefficient (Wildman–Crippen LogP) is 8.36. The Morgan fingerprint density at radius 1 is 0.564 bits per heavy atom. The van der Waals surface area contributed by atoms with E-state index < -0.39 is 20.3 Å². The molecule has 2 unspecified atom stereocenters. The summed E-state index contributed by atoms with van der Waals surface area (Å²) >= 11 is 12.0. The van der Waals surface area contributed by atoms with Gasteiger partial charge in [-0.15, -0.1) is 0 Å². The van der Waals surface area contributed by atoms with Crippen molar-refractivity contribution in [2.24, 2.45) is 0 Å². The van der Waals surface area contributed by atoms with Gasteiger partial charge in [0.05, 0.1) is 23.3 Å². The number of benzene rings is 4. The maximum atomic E-state index is 14.4. The molecule has 4 nitrogen and oxygen atoms in total. The van der Waals surface area contributed by atoms with Gasteiger partial charge in [0.1, 0.15) is 10.5 Å². The van der Waals surface area contributed by atoms with E-state index in [1.54, 1.807) is 121 Å². The van der Waals surface area contributed by atoms with Gasteiger partial charge in [-0.05, 0) is 70.8 Å². The minimum absolute atomic E-state index is 0.433. The maximum absolute atomic E-state index is 14.4. The monoisotopic (exact) mass is 568 g/mol. The highest BCUT2D eigenvalue weighted by molar-refractivity contribution is 7.92. The lowest BCUT2D eigenvalue weighted by molar-refractivity contribution is 0.584. The first-order valence-electron chi connectivity index (χ1n) is 11.9. The van der Waals surface area contributed by atoms with Crippen LogP contribution in [0.5, 0.6) is 0 Å². The lowest BCUT2D eigenvalue weighted by atomic mass is 10.1. The van der Waals surface area contributed by atoms with Crippen LogP contribution in [0.25, 0.3) is 12.2 Å². The molecule has 0 saturated carbocycles. The molecule has 0 fully saturated rings. The molecule has 0 aliphatic rings. The summed E-state index contributed by atoms with van der Waals surface area (Å²) in [5.74, 6) is 0. The van der Waals surface area contributed by atoms with Gasteiger partial charge in [-0.1, -0.05) is 96.0 Å². The van der Waals surface area contributed by atoms with Crippen molar-refractivity contribution in [3.8, 4) is 12.1 Å². The van der Waals surface area contributed by atoms with Crippen molar-refractivity contribution in [3.63, 3.8) is 0 Å². The molecule has 0 spiro atoms. The highest BCUT2D eigenvalue weighted by atomic mass is 35.5. The first-order valence-corrected chi connectivity index (χ1v) is 14.3. The molecule has 39 heavy (non-hydrogen) atoms. The molecule has 0 saturated heterocycles. The SMILES string of the molecule is N#Cc1ccc(C(/C=C/c2ccc(Cl)cc2)S(=O)(=O)C(/C=C/c2ccc(Cl)cc2)c2ccc(C#N)cc2)cc1. The van der Waals surface area contributed by atoms with Gasteiger partial charge in [0.2, 0.25) is 0 Å². The van der Waals surface area contributed by atoms with Gasteiger partial charge in [-0.3, -0.25) is 0 Å². The summed E-state index contributed by atoms with van der Waals surface area (Å²) in [6.07, 6.45) is 6.78. The fraction of sp³-hybridized carbons (Fsp3) is 0.0625. The molecule has 0 aliphatic carbocycles. The van der Waals surface area contributed by atoms with Crippen LogP contribution >= 0.6 is 23.2 Å². The fourth-order valence-corrected chi connectivity index (χ4v) is 6.25. The summed E-state index contributed by atoms with van der Waals surface area (Å²) in [5, 5.41) is 17.6. The van der Waals surface area contributed by atoms with Crippen LogP contribution in [0.15, 0.2) is 109 Å². The molecule has 192 valence electrons. The van der Waals surface area contributed by atoms with Crippen molar-refractivity contribution in [3.05, 3.63) is 153 Å². The zero-order valence-corrected chi connectivity index (χ0v) is 22.9. The smallest absolute Gasteiger partial charge is 0.171 e. The second-order valence-electron chi connectivity index (χ2n) is 8.72. The lowest BCUT2D eigenvalue weighted by Gasteiger charge is -2.22. The van der Waals surface area contributed by atoms with Crippen molar-refractivity contribution < 1.29 is 8.42 Å². The Hall–Kier alpha value is -4.13. The Bertz CT molecular complexity index is 1560. The van der Waals surface area contributed by atoms with Gasteiger partial charge >= 0.3 is 0 Å². The van der Waals surface area contributed by atoms with Gasteiger partial charge in [0, 0.05) is 10.0 Å². The number of halogens is 2. The predicted molar refractivity (Wildman–Crippen MR) is 158 cm³/mol. The zero-order valence-electron chi connectivity index (χ0n) is 20.6. The Balaban J connectivity index is 1.83. The van der Waals surface area contributed by atoms with Crippen LogP contribution in [0.4, 0.5) is 0 Å². The second-order valence-corrected chi connectivity index (χ2v) is 11.8. The van der Waals surface area contributed by atoms with E-state index in [1.165, 1.54) is 0 Å². The minimum Gasteiger partial charge on any atom is -0.227 e.